The number of ether oxygens (including phenoxy) is 1. The summed E-state index contributed by atoms with van der Waals surface area (Å²) in [6.07, 6.45) is 0.781. The maximum absolute atomic E-state index is 12.8. The van der Waals surface area contributed by atoms with Crippen LogP contribution < -0.4 is 10.3 Å². The van der Waals surface area contributed by atoms with Gasteiger partial charge in [0, 0.05) is 23.6 Å². The molecule has 0 saturated carbocycles. The third kappa shape index (κ3) is 3.34. The summed E-state index contributed by atoms with van der Waals surface area (Å²) in [5.74, 6) is 0.649. The van der Waals surface area contributed by atoms with Gasteiger partial charge in [-0.1, -0.05) is 30.7 Å². The van der Waals surface area contributed by atoms with Crippen molar-refractivity contribution in [3.05, 3.63) is 61.7 Å². The zero-order valence-corrected chi connectivity index (χ0v) is 17.9. The Labute approximate surface area is 176 Å². The Morgan fingerprint density at radius 1 is 1.38 bits per heavy atom. The molecule has 1 amide bonds. The second-order valence-corrected chi connectivity index (χ2v) is 8.16. The van der Waals surface area contributed by atoms with Gasteiger partial charge in [-0.05, 0) is 30.2 Å². The van der Waals surface area contributed by atoms with Gasteiger partial charge in [0.25, 0.3) is 5.56 Å². The number of amides is 1. The van der Waals surface area contributed by atoms with Crippen molar-refractivity contribution < 1.29 is 9.53 Å². The number of rotatable bonds is 4. The first-order valence-electron chi connectivity index (χ1n) is 9.28. The molecular weight excluding hydrogens is 410 g/mol. The Balaban J connectivity index is 1.80. The Hall–Kier alpha value is -2.64. The van der Waals surface area contributed by atoms with Crippen molar-refractivity contribution in [3.63, 3.8) is 0 Å². The molecule has 1 N–H and O–H groups in total. The van der Waals surface area contributed by atoms with Crippen molar-refractivity contribution in [3.8, 4) is 5.75 Å². The van der Waals surface area contributed by atoms with Crippen LogP contribution in [0.3, 0.4) is 0 Å². The number of carbonyl (C=O) groups excluding carboxylic acids is 1. The summed E-state index contributed by atoms with van der Waals surface area (Å²) >= 11 is 7.74. The standard InChI is InChI=1S/C21H20ClN3O3S/c1-4-17(26)25-16(12-5-7-13(28-3)8-6-12)9-15(24-25)19-11(2)18-14(22)10-29-21(18)23-20(19)27/h5-8,10,16H,4,9H2,1-3H3,(H,23,27). The molecule has 150 valence electrons. The van der Waals surface area contributed by atoms with E-state index in [1.165, 1.54) is 16.3 Å². The van der Waals surface area contributed by atoms with Crippen molar-refractivity contribution >= 4 is 44.8 Å². The van der Waals surface area contributed by atoms with Gasteiger partial charge < -0.3 is 9.72 Å². The van der Waals surface area contributed by atoms with E-state index in [-0.39, 0.29) is 17.5 Å². The van der Waals surface area contributed by atoms with E-state index in [1.54, 1.807) is 14.0 Å². The molecule has 0 fully saturated rings. The Bertz CT molecular complexity index is 1180. The van der Waals surface area contributed by atoms with Crippen LogP contribution in [0.1, 0.15) is 42.5 Å². The number of fused-ring (bicyclic) bond motifs is 1. The van der Waals surface area contributed by atoms with Gasteiger partial charge in [-0.2, -0.15) is 5.10 Å². The first kappa shape index (κ1) is 19.7. The average Bonchev–Trinajstić information content (AvgIpc) is 3.31. The summed E-state index contributed by atoms with van der Waals surface area (Å²) < 4.78 is 5.23. The van der Waals surface area contributed by atoms with E-state index in [2.05, 4.69) is 10.1 Å². The normalized spacial score (nSPS) is 16.3. The SMILES string of the molecule is CCC(=O)N1N=C(c2c(C)c3c(Cl)csc3[nH]c2=O)CC1c1ccc(OC)cc1. The van der Waals surface area contributed by atoms with Gasteiger partial charge >= 0.3 is 0 Å². The van der Waals surface area contributed by atoms with Gasteiger partial charge in [-0.15, -0.1) is 11.3 Å². The van der Waals surface area contributed by atoms with E-state index in [0.717, 1.165) is 27.1 Å². The molecule has 0 radical (unpaired) electrons. The predicted molar refractivity (Wildman–Crippen MR) is 116 cm³/mol. The van der Waals surface area contributed by atoms with Crippen molar-refractivity contribution in [2.24, 2.45) is 5.10 Å². The molecule has 1 aliphatic rings. The van der Waals surface area contributed by atoms with Gasteiger partial charge in [-0.25, -0.2) is 5.01 Å². The lowest BCUT2D eigenvalue weighted by atomic mass is 9.96. The van der Waals surface area contributed by atoms with Crippen LogP contribution in [0.2, 0.25) is 5.02 Å². The highest BCUT2D eigenvalue weighted by atomic mass is 35.5. The van der Waals surface area contributed by atoms with E-state index < -0.39 is 0 Å². The van der Waals surface area contributed by atoms with E-state index in [1.807, 2.05) is 36.6 Å². The average molecular weight is 430 g/mol. The topological polar surface area (TPSA) is 74.8 Å². The van der Waals surface area contributed by atoms with Crippen LogP contribution in [0.5, 0.6) is 5.75 Å². The first-order valence-corrected chi connectivity index (χ1v) is 10.5. The third-order valence-electron chi connectivity index (χ3n) is 5.21. The van der Waals surface area contributed by atoms with Crippen LogP contribution >= 0.6 is 22.9 Å². The maximum Gasteiger partial charge on any atom is 0.258 e. The van der Waals surface area contributed by atoms with Crippen LogP contribution in [0, 0.1) is 6.92 Å². The fourth-order valence-corrected chi connectivity index (χ4v) is 5.02. The molecule has 2 aromatic heterocycles. The van der Waals surface area contributed by atoms with Crippen molar-refractivity contribution in [2.45, 2.75) is 32.7 Å². The largest absolute Gasteiger partial charge is 0.497 e. The van der Waals surface area contributed by atoms with Gasteiger partial charge in [0.15, 0.2) is 0 Å². The van der Waals surface area contributed by atoms with E-state index in [9.17, 15) is 9.59 Å². The third-order valence-corrected chi connectivity index (χ3v) is 6.53. The molecule has 3 heterocycles. The Morgan fingerprint density at radius 2 is 2.10 bits per heavy atom. The monoisotopic (exact) mass is 429 g/mol. The van der Waals surface area contributed by atoms with Crippen LogP contribution in [-0.2, 0) is 4.79 Å². The number of nitrogens with one attached hydrogen (secondary N) is 1. The molecule has 1 atom stereocenters. The fraction of sp³-hybridized carbons (Fsp3) is 0.286. The van der Waals surface area contributed by atoms with Crippen molar-refractivity contribution in [2.75, 3.05) is 7.11 Å². The lowest BCUT2D eigenvalue weighted by Gasteiger charge is -2.21. The smallest absolute Gasteiger partial charge is 0.258 e. The number of hydrogen-bond donors (Lipinski definition) is 1. The molecule has 0 saturated heterocycles. The van der Waals surface area contributed by atoms with E-state index >= 15 is 0 Å². The summed E-state index contributed by atoms with van der Waals surface area (Å²) in [6, 6.07) is 7.30. The first-order chi connectivity index (χ1) is 13.9. The maximum atomic E-state index is 12.8. The molecule has 1 aromatic carbocycles. The number of hydrazone groups is 1. The number of aryl methyl sites for hydroxylation is 1. The molecule has 4 rings (SSSR count). The summed E-state index contributed by atoms with van der Waals surface area (Å²) in [4.78, 5) is 29.1. The van der Waals surface area contributed by atoms with Gasteiger partial charge in [0.05, 0.1) is 29.4 Å². The second-order valence-electron chi connectivity index (χ2n) is 6.87. The van der Waals surface area contributed by atoms with Gasteiger partial charge in [-0.3, -0.25) is 9.59 Å². The molecule has 8 heteroatoms. The summed E-state index contributed by atoms with van der Waals surface area (Å²) in [6.45, 7) is 3.68. The number of carbonyl (C=O) groups is 1. The molecule has 1 unspecified atom stereocenters. The van der Waals surface area contributed by atoms with Crippen LogP contribution in [-0.4, -0.2) is 28.7 Å². The highest BCUT2D eigenvalue weighted by Gasteiger charge is 2.34. The number of pyridine rings is 1. The Kier molecular flexibility index (Phi) is 5.19. The predicted octanol–water partition coefficient (Wildman–Crippen LogP) is 4.65. The lowest BCUT2D eigenvalue weighted by molar-refractivity contribution is -0.132. The van der Waals surface area contributed by atoms with Crippen LogP contribution in [0.4, 0.5) is 0 Å². The molecule has 0 spiro atoms. The second kappa shape index (κ2) is 7.65. The quantitative estimate of drug-likeness (QED) is 0.656. The van der Waals surface area contributed by atoms with Crippen molar-refractivity contribution in [1.82, 2.24) is 9.99 Å². The minimum Gasteiger partial charge on any atom is -0.497 e. The molecule has 6 nitrogen and oxygen atoms in total. The fourth-order valence-electron chi connectivity index (χ4n) is 3.73. The number of aromatic amines is 1. The number of aromatic nitrogens is 1. The van der Waals surface area contributed by atoms with E-state index in [4.69, 9.17) is 16.3 Å². The number of halogens is 1. The number of hydrogen-bond acceptors (Lipinski definition) is 5. The molecule has 1 aliphatic heterocycles. The van der Waals surface area contributed by atoms with E-state index in [0.29, 0.717) is 29.1 Å². The number of thiophene rings is 1. The Morgan fingerprint density at radius 3 is 2.76 bits per heavy atom. The summed E-state index contributed by atoms with van der Waals surface area (Å²) in [5.41, 5.74) is 2.59. The van der Waals surface area contributed by atoms with Gasteiger partial charge in [0.1, 0.15) is 10.6 Å². The molecule has 0 bridgehead atoms. The highest BCUT2D eigenvalue weighted by Crippen LogP contribution is 2.36. The number of nitrogens with zero attached hydrogens (tertiary/aromatic N) is 2. The summed E-state index contributed by atoms with van der Waals surface area (Å²) in [5, 5.41) is 9.32. The number of methoxy groups -OCH3 is 1. The minimum atomic E-state index is -0.268. The number of benzene rings is 1. The number of H-pyrrole nitrogens is 1. The molecule has 3 aromatic rings. The summed E-state index contributed by atoms with van der Waals surface area (Å²) in [7, 11) is 1.61. The zero-order chi connectivity index (χ0) is 20.7. The zero-order valence-electron chi connectivity index (χ0n) is 16.3. The molecule has 29 heavy (non-hydrogen) atoms. The van der Waals surface area contributed by atoms with Crippen molar-refractivity contribution in [1.29, 1.82) is 0 Å². The molecule has 0 aliphatic carbocycles. The molecular formula is C21H20ClN3O3S. The van der Waals surface area contributed by atoms with Crippen LogP contribution in [0.25, 0.3) is 10.2 Å². The van der Waals surface area contributed by atoms with Gasteiger partial charge in [0.2, 0.25) is 5.91 Å². The lowest BCUT2D eigenvalue weighted by Crippen LogP contribution is -2.26. The van der Waals surface area contributed by atoms with Crippen LogP contribution in [0.15, 0.2) is 39.5 Å². The minimum absolute atomic E-state index is 0.0930. The highest BCUT2D eigenvalue weighted by molar-refractivity contribution is 7.17.